The molecule has 0 aliphatic carbocycles. The molecule has 1 saturated heterocycles. The maximum absolute atomic E-state index is 12.5. The highest BCUT2D eigenvalue weighted by molar-refractivity contribution is 6.30. The van der Waals surface area contributed by atoms with E-state index in [2.05, 4.69) is 0 Å². The standard InChI is InChI=1S/C17H22ClN3O4/c1-4-21(9-10-25-13-7-5-12(18)6-8-13)15(22)11-14-16(23)20(3)17(24)19(14)2/h5-8,14H,4,9-11H2,1-3H3/t14-/m1/s1. The van der Waals surface area contributed by atoms with E-state index in [1.165, 1.54) is 19.0 Å². The third-order valence-electron chi connectivity index (χ3n) is 4.22. The van der Waals surface area contributed by atoms with Gasteiger partial charge < -0.3 is 14.5 Å². The Bertz CT molecular complexity index is 650. The van der Waals surface area contributed by atoms with E-state index >= 15 is 0 Å². The SMILES string of the molecule is CCN(CCOc1ccc(Cl)cc1)C(=O)C[C@@H]1C(=O)N(C)C(=O)N1C. The molecule has 136 valence electrons. The Labute approximate surface area is 152 Å². The molecule has 0 unspecified atom stereocenters. The predicted molar refractivity (Wildman–Crippen MR) is 93.5 cm³/mol. The van der Waals surface area contributed by atoms with Crippen molar-refractivity contribution in [3.05, 3.63) is 29.3 Å². The number of carbonyl (C=O) groups excluding carboxylic acids is 3. The number of ether oxygens (including phenoxy) is 1. The first-order valence-corrected chi connectivity index (χ1v) is 8.43. The van der Waals surface area contributed by atoms with Crippen LogP contribution in [-0.2, 0) is 9.59 Å². The van der Waals surface area contributed by atoms with Crippen LogP contribution >= 0.6 is 11.6 Å². The van der Waals surface area contributed by atoms with Gasteiger partial charge in [0.2, 0.25) is 5.91 Å². The second-order valence-corrected chi connectivity index (χ2v) is 6.22. The molecule has 1 aromatic carbocycles. The lowest BCUT2D eigenvalue weighted by Crippen LogP contribution is -2.41. The van der Waals surface area contributed by atoms with Gasteiger partial charge >= 0.3 is 6.03 Å². The van der Waals surface area contributed by atoms with Crippen LogP contribution in [0.15, 0.2) is 24.3 Å². The molecule has 1 heterocycles. The second kappa shape index (κ2) is 8.20. The van der Waals surface area contributed by atoms with E-state index in [9.17, 15) is 14.4 Å². The molecule has 0 radical (unpaired) electrons. The Balaban J connectivity index is 1.87. The third-order valence-corrected chi connectivity index (χ3v) is 4.47. The molecule has 1 aliphatic heterocycles. The average molecular weight is 368 g/mol. The quantitative estimate of drug-likeness (QED) is 0.689. The molecule has 7 nitrogen and oxygen atoms in total. The van der Waals surface area contributed by atoms with E-state index in [0.29, 0.717) is 30.5 Å². The fraction of sp³-hybridized carbons (Fsp3) is 0.471. The molecule has 4 amide bonds. The highest BCUT2D eigenvalue weighted by Gasteiger charge is 2.42. The van der Waals surface area contributed by atoms with E-state index in [1.54, 1.807) is 29.2 Å². The molecule has 1 aromatic rings. The van der Waals surface area contributed by atoms with E-state index in [-0.39, 0.29) is 18.2 Å². The van der Waals surface area contributed by atoms with Crippen molar-refractivity contribution in [1.82, 2.24) is 14.7 Å². The van der Waals surface area contributed by atoms with Gasteiger partial charge in [0.15, 0.2) is 0 Å². The highest BCUT2D eigenvalue weighted by Crippen LogP contribution is 2.18. The summed E-state index contributed by atoms with van der Waals surface area (Å²) in [6, 6.07) is 5.85. The summed E-state index contributed by atoms with van der Waals surface area (Å²) in [5, 5.41) is 0.627. The highest BCUT2D eigenvalue weighted by atomic mass is 35.5. The second-order valence-electron chi connectivity index (χ2n) is 5.79. The first kappa shape index (κ1) is 19.1. The fourth-order valence-corrected chi connectivity index (χ4v) is 2.76. The Morgan fingerprint density at radius 3 is 2.40 bits per heavy atom. The lowest BCUT2D eigenvalue weighted by Gasteiger charge is -2.23. The van der Waals surface area contributed by atoms with Crippen LogP contribution in [0.1, 0.15) is 13.3 Å². The van der Waals surface area contributed by atoms with Gasteiger partial charge in [-0.25, -0.2) is 4.79 Å². The minimum atomic E-state index is -0.740. The Morgan fingerprint density at radius 2 is 1.88 bits per heavy atom. The smallest absolute Gasteiger partial charge is 0.326 e. The van der Waals surface area contributed by atoms with Crippen molar-refractivity contribution in [2.45, 2.75) is 19.4 Å². The predicted octanol–water partition coefficient (Wildman–Crippen LogP) is 1.85. The number of rotatable bonds is 7. The molecule has 0 saturated carbocycles. The number of halogens is 1. The van der Waals surface area contributed by atoms with Crippen LogP contribution in [0, 0.1) is 0 Å². The van der Waals surface area contributed by atoms with Gasteiger partial charge in [-0.05, 0) is 31.2 Å². The zero-order valence-corrected chi connectivity index (χ0v) is 15.3. The van der Waals surface area contributed by atoms with Crippen LogP contribution in [0.25, 0.3) is 0 Å². The van der Waals surface area contributed by atoms with Gasteiger partial charge in [0.1, 0.15) is 18.4 Å². The van der Waals surface area contributed by atoms with Gasteiger partial charge in [0, 0.05) is 25.7 Å². The lowest BCUT2D eigenvalue weighted by molar-refractivity contribution is -0.136. The van der Waals surface area contributed by atoms with Crippen molar-refractivity contribution < 1.29 is 19.1 Å². The first-order chi connectivity index (χ1) is 11.8. The molecule has 2 rings (SSSR count). The number of imide groups is 1. The number of benzene rings is 1. The number of carbonyl (C=O) groups is 3. The van der Waals surface area contributed by atoms with Gasteiger partial charge in [-0.15, -0.1) is 0 Å². The van der Waals surface area contributed by atoms with Crippen LogP contribution < -0.4 is 4.74 Å². The van der Waals surface area contributed by atoms with Crippen molar-refractivity contribution in [2.75, 3.05) is 33.8 Å². The van der Waals surface area contributed by atoms with Gasteiger partial charge in [-0.3, -0.25) is 14.5 Å². The summed E-state index contributed by atoms with van der Waals surface area (Å²) in [6.07, 6.45) is -0.0276. The van der Waals surface area contributed by atoms with Gasteiger partial charge in [-0.1, -0.05) is 11.6 Å². The zero-order chi connectivity index (χ0) is 18.6. The van der Waals surface area contributed by atoms with Crippen molar-refractivity contribution in [3.8, 4) is 5.75 Å². The zero-order valence-electron chi connectivity index (χ0n) is 14.6. The summed E-state index contributed by atoms with van der Waals surface area (Å²) in [4.78, 5) is 40.3. The normalized spacial score (nSPS) is 17.2. The largest absolute Gasteiger partial charge is 0.492 e. The number of hydrogen-bond donors (Lipinski definition) is 0. The molecule has 0 spiro atoms. The molecule has 1 atom stereocenters. The van der Waals surface area contributed by atoms with Crippen LogP contribution in [0.4, 0.5) is 4.79 Å². The third kappa shape index (κ3) is 4.42. The number of likely N-dealkylation sites (N-methyl/N-ethyl adjacent to an activating group) is 3. The Morgan fingerprint density at radius 1 is 1.24 bits per heavy atom. The van der Waals surface area contributed by atoms with Crippen molar-refractivity contribution in [3.63, 3.8) is 0 Å². The number of nitrogens with zero attached hydrogens (tertiary/aromatic N) is 3. The molecule has 0 aromatic heterocycles. The molecule has 1 aliphatic rings. The lowest BCUT2D eigenvalue weighted by atomic mass is 10.1. The topological polar surface area (TPSA) is 70.2 Å². The summed E-state index contributed by atoms with van der Waals surface area (Å²) < 4.78 is 5.60. The Hall–Kier alpha value is -2.28. The summed E-state index contributed by atoms with van der Waals surface area (Å²) in [5.41, 5.74) is 0. The summed E-state index contributed by atoms with van der Waals surface area (Å²) in [6.45, 7) is 3.08. The Kier molecular flexibility index (Phi) is 6.25. The molecular formula is C17H22ClN3O4. The average Bonchev–Trinajstić information content (AvgIpc) is 2.78. The minimum absolute atomic E-state index is 0.0276. The molecule has 25 heavy (non-hydrogen) atoms. The molecular weight excluding hydrogens is 346 g/mol. The maximum atomic E-state index is 12.5. The molecule has 0 bridgehead atoms. The van der Waals surface area contributed by atoms with Crippen molar-refractivity contribution in [2.24, 2.45) is 0 Å². The fourth-order valence-electron chi connectivity index (χ4n) is 2.64. The van der Waals surface area contributed by atoms with Crippen molar-refractivity contribution in [1.29, 1.82) is 0 Å². The number of hydrogen-bond acceptors (Lipinski definition) is 4. The van der Waals surface area contributed by atoms with Crippen LogP contribution in [0.3, 0.4) is 0 Å². The summed E-state index contributed by atoms with van der Waals surface area (Å²) >= 11 is 5.82. The summed E-state index contributed by atoms with van der Waals surface area (Å²) in [7, 11) is 2.95. The van der Waals surface area contributed by atoms with Crippen LogP contribution in [0.2, 0.25) is 5.02 Å². The van der Waals surface area contributed by atoms with Crippen LogP contribution in [-0.4, -0.2) is 72.4 Å². The number of amides is 4. The number of urea groups is 1. The van der Waals surface area contributed by atoms with E-state index in [0.717, 1.165) is 4.90 Å². The van der Waals surface area contributed by atoms with Gasteiger partial charge in [0.05, 0.1) is 13.0 Å². The van der Waals surface area contributed by atoms with Crippen molar-refractivity contribution >= 4 is 29.4 Å². The monoisotopic (exact) mass is 367 g/mol. The maximum Gasteiger partial charge on any atom is 0.326 e. The summed E-state index contributed by atoms with van der Waals surface area (Å²) in [5.74, 6) is 0.135. The van der Waals surface area contributed by atoms with E-state index in [1.807, 2.05) is 6.92 Å². The molecule has 1 fully saturated rings. The van der Waals surface area contributed by atoms with E-state index in [4.69, 9.17) is 16.3 Å². The van der Waals surface area contributed by atoms with Crippen LogP contribution in [0.5, 0.6) is 5.75 Å². The van der Waals surface area contributed by atoms with E-state index < -0.39 is 12.1 Å². The van der Waals surface area contributed by atoms with Gasteiger partial charge in [0.25, 0.3) is 5.91 Å². The van der Waals surface area contributed by atoms with Gasteiger partial charge in [-0.2, -0.15) is 0 Å². The minimum Gasteiger partial charge on any atom is -0.492 e. The first-order valence-electron chi connectivity index (χ1n) is 8.05. The molecule has 0 N–H and O–H groups in total. The molecule has 8 heteroatoms.